The summed E-state index contributed by atoms with van der Waals surface area (Å²) < 4.78 is 58.0. The Labute approximate surface area is 289 Å². The molecule has 0 unspecified atom stereocenters. The maximum atomic E-state index is 14.0. The van der Waals surface area contributed by atoms with Crippen molar-refractivity contribution in [1.82, 2.24) is 0 Å². The van der Waals surface area contributed by atoms with E-state index in [1.807, 2.05) is 121 Å². The van der Waals surface area contributed by atoms with Gasteiger partial charge in [-0.3, -0.25) is 4.57 Å². The molecule has 1 saturated heterocycles. The highest BCUT2D eigenvalue weighted by molar-refractivity contribution is 7.53. The number of ether oxygens (including phenoxy) is 5. The van der Waals surface area contributed by atoms with E-state index in [2.05, 4.69) is 0 Å². The predicted molar refractivity (Wildman–Crippen MR) is 187 cm³/mol. The molecule has 0 spiro atoms. The maximum Gasteiger partial charge on any atom is 0.336 e. The molecule has 1 heterocycles. The molecule has 1 fully saturated rings. The molecule has 0 amide bonds. The SMILES string of the molecule is CCOP(=O)(C[C@@]1(O)O[C@H](COCc2ccccc2)[C@@H](OCc2ccccc2)[C@H](OCc2ccccc2)[C@@H]1OCc1ccccc1)OCC. The average molecular weight is 691 g/mol. The summed E-state index contributed by atoms with van der Waals surface area (Å²) in [5.74, 6) is -2.18. The van der Waals surface area contributed by atoms with Crippen LogP contribution in [-0.2, 0) is 63.7 Å². The van der Waals surface area contributed by atoms with E-state index in [0.29, 0.717) is 6.61 Å². The standard InChI is InChI=1S/C39H47O9P/c1-3-46-49(41,47-4-2)30-39(40)38(45-28-34-23-15-8-16-24-34)37(44-27-33-21-13-7-14-22-33)36(43-26-32-19-11-6-12-20-32)35(48-39)29-42-25-31-17-9-5-10-18-31/h5-24,35-38,40H,3-4,25-30H2,1-2H3/t35-,36-,37+,38+,39-/m1/s1. The summed E-state index contributed by atoms with van der Waals surface area (Å²) in [4.78, 5) is 0. The molecule has 0 saturated carbocycles. The fraction of sp³-hybridized carbons (Fsp3) is 0.385. The lowest BCUT2D eigenvalue weighted by Gasteiger charge is -2.50. The first-order valence-electron chi connectivity index (χ1n) is 16.8. The topological polar surface area (TPSA) is 102 Å². The number of hydrogen-bond donors (Lipinski definition) is 1. The van der Waals surface area contributed by atoms with Gasteiger partial charge < -0.3 is 37.8 Å². The van der Waals surface area contributed by atoms with Crippen LogP contribution in [-0.4, -0.2) is 61.3 Å². The van der Waals surface area contributed by atoms with Gasteiger partial charge in [0.15, 0.2) is 0 Å². The molecule has 1 aliphatic heterocycles. The third-order valence-corrected chi connectivity index (χ3v) is 10.2. The van der Waals surface area contributed by atoms with Gasteiger partial charge in [-0.15, -0.1) is 0 Å². The molecule has 0 radical (unpaired) electrons. The lowest BCUT2D eigenvalue weighted by atomic mass is 9.92. The van der Waals surface area contributed by atoms with Crippen LogP contribution in [0, 0.1) is 0 Å². The number of aliphatic hydroxyl groups is 1. The monoisotopic (exact) mass is 690 g/mol. The predicted octanol–water partition coefficient (Wildman–Crippen LogP) is 7.31. The van der Waals surface area contributed by atoms with Crippen molar-refractivity contribution in [3.05, 3.63) is 144 Å². The van der Waals surface area contributed by atoms with Gasteiger partial charge in [0.25, 0.3) is 0 Å². The van der Waals surface area contributed by atoms with Crippen LogP contribution in [0.2, 0.25) is 0 Å². The van der Waals surface area contributed by atoms with E-state index in [1.54, 1.807) is 13.8 Å². The number of rotatable bonds is 19. The summed E-state index contributed by atoms with van der Waals surface area (Å²) in [6, 6.07) is 38.9. The van der Waals surface area contributed by atoms with Gasteiger partial charge in [-0.1, -0.05) is 121 Å². The van der Waals surface area contributed by atoms with Crippen LogP contribution < -0.4 is 0 Å². The van der Waals surface area contributed by atoms with E-state index in [1.165, 1.54) is 0 Å². The van der Waals surface area contributed by atoms with Gasteiger partial charge in [0.05, 0.1) is 46.2 Å². The molecule has 262 valence electrons. The zero-order chi connectivity index (χ0) is 34.4. The van der Waals surface area contributed by atoms with Gasteiger partial charge in [0, 0.05) is 0 Å². The fourth-order valence-corrected chi connectivity index (χ4v) is 7.72. The smallest absolute Gasteiger partial charge is 0.336 e. The van der Waals surface area contributed by atoms with Crippen LogP contribution in [0.3, 0.4) is 0 Å². The molecule has 49 heavy (non-hydrogen) atoms. The van der Waals surface area contributed by atoms with Gasteiger partial charge in [-0.05, 0) is 36.1 Å². The van der Waals surface area contributed by atoms with E-state index < -0.39 is 44.0 Å². The number of hydrogen-bond acceptors (Lipinski definition) is 9. The van der Waals surface area contributed by atoms with Crippen LogP contribution in [0.1, 0.15) is 36.1 Å². The van der Waals surface area contributed by atoms with Crippen molar-refractivity contribution in [2.75, 3.05) is 26.0 Å². The minimum Gasteiger partial charge on any atom is -0.374 e. The van der Waals surface area contributed by atoms with Crippen LogP contribution in [0.15, 0.2) is 121 Å². The second-order valence-electron chi connectivity index (χ2n) is 11.8. The summed E-state index contributed by atoms with van der Waals surface area (Å²) >= 11 is 0. The summed E-state index contributed by atoms with van der Waals surface area (Å²) in [6.07, 6.45) is -4.18. The summed E-state index contributed by atoms with van der Waals surface area (Å²) in [6.45, 7) is 4.59. The Balaban J connectivity index is 1.53. The van der Waals surface area contributed by atoms with Gasteiger partial charge in [0.1, 0.15) is 30.6 Å². The lowest BCUT2D eigenvalue weighted by Crippen LogP contribution is -2.68. The molecular formula is C39H47O9P. The Kier molecular flexibility index (Phi) is 14.1. The second kappa shape index (κ2) is 18.7. The van der Waals surface area contributed by atoms with Crippen molar-refractivity contribution >= 4 is 7.60 Å². The van der Waals surface area contributed by atoms with Gasteiger partial charge >= 0.3 is 7.60 Å². The first-order chi connectivity index (χ1) is 23.9. The molecular weight excluding hydrogens is 643 g/mol. The molecule has 5 rings (SSSR count). The zero-order valence-electron chi connectivity index (χ0n) is 28.2. The highest BCUT2D eigenvalue weighted by Gasteiger charge is 2.59. The molecule has 0 bridgehead atoms. The van der Waals surface area contributed by atoms with Crippen LogP contribution in [0.5, 0.6) is 0 Å². The Morgan fingerprint density at radius 2 is 1.02 bits per heavy atom. The summed E-state index contributed by atoms with van der Waals surface area (Å²) in [5.41, 5.74) is 3.73. The van der Waals surface area contributed by atoms with Crippen molar-refractivity contribution < 1.29 is 42.4 Å². The van der Waals surface area contributed by atoms with Crippen LogP contribution in [0.25, 0.3) is 0 Å². The van der Waals surface area contributed by atoms with E-state index in [4.69, 9.17) is 32.7 Å². The quantitative estimate of drug-likeness (QED) is 0.102. The minimum atomic E-state index is -3.87. The van der Waals surface area contributed by atoms with E-state index >= 15 is 0 Å². The van der Waals surface area contributed by atoms with Gasteiger partial charge in [-0.2, -0.15) is 0 Å². The molecule has 0 aromatic heterocycles. The first kappa shape index (κ1) is 37.1. The Bertz CT molecular complexity index is 1530. The van der Waals surface area contributed by atoms with Crippen molar-refractivity contribution in [2.24, 2.45) is 0 Å². The Hall–Kier alpha value is -3.21. The summed E-state index contributed by atoms with van der Waals surface area (Å²) in [5, 5.41) is 12.6. The van der Waals surface area contributed by atoms with Crippen molar-refractivity contribution in [1.29, 1.82) is 0 Å². The van der Waals surface area contributed by atoms with Gasteiger partial charge in [0.2, 0.25) is 5.79 Å². The third-order valence-electron chi connectivity index (χ3n) is 8.10. The lowest BCUT2D eigenvalue weighted by molar-refractivity contribution is -0.362. The average Bonchev–Trinajstić information content (AvgIpc) is 3.11. The molecule has 10 heteroatoms. The summed E-state index contributed by atoms with van der Waals surface area (Å²) in [7, 11) is -3.87. The molecule has 1 aliphatic rings. The number of benzene rings is 4. The molecule has 1 N–H and O–H groups in total. The largest absolute Gasteiger partial charge is 0.374 e. The zero-order valence-corrected chi connectivity index (χ0v) is 29.1. The first-order valence-corrected chi connectivity index (χ1v) is 18.5. The molecule has 5 atom stereocenters. The highest BCUT2D eigenvalue weighted by atomic mass is 31.2. The Morgan fingerprint density at radius 1 is 0.612 bits per heavy atom. The maximum absolute atomic E-state index is 14.0. The van der Waals surface area contributed by atoms with E-state index in [0.717, 1.165) is 22.3 Å². The van der Waals surface area contributed by atoms with Crippen LogP contribution in [0.4, 0.5) is 0 Å². The molecule has 4 aromatic carbocycles. The Morgan fingerprint density at radius 3 is 1.47 bits per heavy atom. The second-order valence-corrected chi connectivity index (χ2v) is 13.9. The van der Waals surface area contributed by atoms with Crippen molar-refractivity contribution in [3.8, 4) is 0 Å². The minimum absolute atomic E-state index is 0.0425. The highest BCUT2D eigenvalue weighted by Crippen LogP contribution is 2.53. The molecule has 9 nitrogen and oxygen atoms in total. The van der Waals surface area contributed by atoms with Crippen molar-refractivity contribution in [2.45, 2.75) is 70.5 Å². The fourth-order valence-electron chi connectivity index (χ4n) is 5.86. The third kappa shape index (κ3) is 10.9. The normalized spacial score (nSPS) is 22.6. The van der Waals surface area contributed by atoms with Crippen molar-refractivity contribution in [3.63, 3.8) is 0 Å². The van der Waals surface area contributed by atoms with E-state index in [-0.39, 0.29) is 39.6 Å². The molecule has 0 aliphatic carbocycles. The van der Waals surface area contributed by atoms with Crippen LogP contribution >= 0.6 is 7.60 Å². The van der Waals surface area contributed by atoms with E-state index in [9.17, 15) is 9.67 Å². The van der Waals surface area contributed by atoms with Gasteiger partial charge in [-0.25, -0.2) is 0 Å². The molecule has 4 aromatic rings.